The molecule has 4 nitrogen and oxygen atoms in total. The van der Waals surface area contributed by atoms with Gasteiger partial charge in [0.15, 0.2) is 5.52 Å². The number of fused-ring (bicyclic) bond motifs is 3. The van der Waals surface area contributed by atoms with Gasteiger partial charge in [-0.2, -0.15) is 0 Å². The van der Waals surface area contributed by atoms with Gasteiger partial charge >= 0.3 is 5.63 Å². The Morgan fingerprint density at radius 3 is 2.76 bits per heavy atom. The smallest absolute Gasteiger partial charge is 0.363 e. The molecule has 3 aromatic rings. The number of pyridine rings is 1. The highest BCUT2D eigenvalue weighted by Crippen LogP contribution is 2.24. The van der Waals surface area contributed by atoms with Crippen LogP contribution in [0.1, 0.15) is 5.69 Å². The summed E-state index contributed by atoms with van der Waals surface area (Å²) in [5, 5.41) is 10.9. The predicted molar refractivity (Wildman–Crippen MR) is 64.2 cm³/mol. The molecule has 0 aliphatic heterocycles. The summed E-state index contributed by atoms with van der Waals surface area (Å²) in [6.07, 6.45) is 0. The maximum atomic E-state index is 11.7. The van der Waals surface area contributed by atoms with E-state index in [9.17, 15) is 9.90 Å². The predicted octanol–water partition coefficient (Wildman–Crippen LogP) is 2.36. The van der Waals surface area contributed by atoms with E-state index in [1.165, 1.54) is 6.07 Å². The first-order valence-corrected chi connectivity index (χ1v) is 5.18. The second-order valence-corrected chi connectivity index (χ2v) is 3.92. The molecular formula is C13H9NO3. The second-order valence-electron chi connectivity index (χ2n) is 3.92. The first-order chi connectivity index (χ1) is 8.15. The van der Waals surface area contributed by atoms with Gasteiger partial charge in [0.2, 0.25) is 0 Å². The van der Waals surface area contributed by atoms with Crippen LogP contribution in [-0.4, -0.2) is 10.1 Å². The van der Waals surface area contributed by atoms with Gasteiger partial charge in [0.25, 0.3) is 0 Å². The maximum absolute atomic E-state index is 11.7. The fraction of sp³-hybridized carbons (Fsp3) is 0.0769. The zero-order valence-corrected chi connectivity index (χ0v) is 9.10. The van der Waals surface area contributed by atoms with Crippen LogP contribution in [0.4, 0.5) is 0 Å². The van der Waals surface area contributed by atoms with Crippen molar-refractivity contribution in [3.8, 4) is 5.75 Å². The number of phenols is 1. The van der Waals surface area contributed by atoms with Crippen molar-refractivity contribution in [1.82, 2.24) is 4.98 Å². The van der Waals surface area contributed by atoms with Crippen LogP contribution in [-0.2, 0) is 0 Å². The van der Waals surface area contributed by atoms with Crippen molar-refractivity contribution in [1.29, 1.82) is 0 Å². The number of hydrogen-bond acceptors (Lipinski definition) is 4. The third kappa shape index (κ3) is 1.45. The third-order valence-corrected chi connectivity index (χ3v) is 2.69. The van der Waals surface area contributed by atoms with Gasteiger partial charge in [-0.1, -0.05) is 0 Å². The second kappa shape index (κ2) is 3.31. The number of aromatic nitrogens is 1. The summed E-state index contributed by atoms with van der Waals surface area (Å²) in [6, 6.07) is 8.38. The van der Waals surface area contributed by atoms with Crippen molar-refractivity contribution in [3.05, 3.63) is 46.4 Å². The van der Waals surface area contributed by atoms with Crippen molar-refractivity contribution in [3.63, 3.8) is 0 Å². The first kappa shape index (κ1) is 9.84. The molecule has 1 N–H and O–H groups in total. The average molecular weight is 227 g/mol. The summed E-state index contributed by atoms with van der Waals surface area (Å²) in [5.74, 6) is 0.0695. The number of aromatic hydroxyl groups is 1. The van der Waals surface area contributed by atoms with E-state index in [1.54, 1.807) is 12.1 Å². The lowest BCUT2D eigenvalue weighted by atomic mass is 10.1. The number of benzene rings is 1. The highest BCUT2D eigenvalue weighted by molar-refractivity contribution is 6.03. The lowest BCUT2D eigenvalue weighted by Gasteiger charge is -2.02. The van der Waals surface area contributed by atoms with Crippen molar-refractivity contribution in [2.45, 2.75) is 6.92 Å². The van der Waals surface area contributed by atoms with Gasteiger partial charge in [-0.15, -0.1) is 0 Å². The highest BCUT2D eigenvalue weighted by atomic mass is 16.4. The Morgan fingerprint density at radius 2 is 1.94 bits per heavy atom. The molecule has 84 valence electrons. The molecule has 2 aromatic heterocycles. The van der Waals surface area contributed by atoms with E-state index < -0.39 is 5.63 Å². The Bertz CT molecular complexity index is 790. The summed E-state index contributed by atoms with van der Waals surface area (Å²) in [5.41, 5.74) is 0.973. The number of rotatable bonds is 0. The molecule has 0 fully saturated rings. The molecule has 2 heterocycles. The van der Waals surface area contributed by atoms with Gasteiger partial charge in [0.05, 0.1) is 0 Å². The quantitative estimate of drug-likeness (QED) is 0.473. The van der Waals surface area contributed by atoms with Gasteiger partial charge in [0.1, 0.15) is 11.3 Å². The Hall–Kier alpha value is -2.36. The Kier molecular flexibility index (Phi) is 1.92. The molecule has 3 rings (SSSR count). The molecule has 4 heteroatoms. The van der Waals surface area contributed by atoms with Crippen LogP contribution in [0.25, 0.3) is 21.9 Å². The number of hydrogen-bond donors (Lipinski definition) is 1. The summed E-state index contributed by atoms with van der Waals surface area (Å²) in [7, 11) is 0. The van der Waals surface area contributed by atoms with Gasteiger partial charge in [0, 0.05) is 22.5 Å². The number of phenolic OH excluding ortho intramolecular Hbond substituents is 1. The Labute approximate surface area is 96.1 Å². The third-order valence-electron chi connectivity index (χ3n) is 2.69. The molecule has 1 aromatic carbocycles. The van der Waals surface area contributed by atoms with Crippen LogP contribution >= 0.6 is 0 Å². The molecule has 17 heavy (non-hydrogen) atoms. The minimum Gasteiger partial charge on any atom is -0.508 e. The van der Waals surface area contributed by atoms with Crippen molar-refractivity contribution in [2.24, 2.45) is 0 Å². The fourth-order valence-corrected chi connectivity index (χ4v) is 1.90. The lowest BCUT2D eigenvalue weighted by molar-refractivity contribution is 0.473. The van der Waals surface area contributed by atoms with Crippen molar-refractivity contribution < 1.29 is 9.52 Å². The minimum atomic E-state index is -0.484. The average Bonchev–Trinajstić information content (AvgIpc) is 2.29. The van der Waals surface area contributed by atoms with E-state index in [-0.39, 0.29) is 5.75 Å². The SMILES string of the molecule is Cc1ccc2c(n1)c(=O)oc1cc(O)ccc12. The highest BCUT2D eigenvalue weighted by Gasteiger charge is 2.08. The van der Waals surface area contributed by atoms with Crippen molar-refractivity contribution in [2.75, 3.05) is 0 Å². The monoisotopic (exact) mass is 227 g/mol. The van der Waals surface area contributed by atoms with Gasteiger partial charge in [-0.05, 0) is 31.2 Å². The van der Waals surface area contributed by atoms with Gasteiger partial charge < -0.3 is 9.52 Å². The van der Waals surface area contributed by atoms with Gasteiger partial charge in [-0.3, -0.25) is 0 Å². The maximum Gasteiger partial charge on any atom is 0.363 e. The van der Waals surface area contributed by atoms with E-state index in [0.717, 1.165) is 16.5 Å². The molecule has 0 saturated heterocycles. The van der Waals surface area contributed by atoms with Crippen LogP contribution in [0.15, 0.2) is 39.5 Å². The minimum absolute atomic E-state index is 0.0695. The van der Waals surface area contributed by atoms with Crippen LogP contribution < -0.4 is 5.63 Å². The van der Waals surface area contributed by atoms with Crippen molar-refractivity contribution >= 4 is 21.9 Å². The van der Waals surface area contributed by atoms with Crippen LogP contribution in [0.3, 0.4) is 0 Å². The molecule has 0 atom stereocenters. The zero-order valence-electron chi connectivity index (χ0n) is 9.10. The normalized spacial score (nSPS) is 11.1. The van der Waals surface area contributed by atoms with Crippen LogP contribution in [0.5, 0.6) is 5.75 Å². The van der Waals surface area contributed by atoms with Crippen LogP contribution in [0, 0.1) is 6.92 Å². The number of nitrogens with zero attached hydrogens (tertiary/aromatic N) is 1. The Morgan fingerprint density at radius 1 is 1.18 bits per heavy atom. The molecule has 0 aliphatic rings. The standard InChI is InChI=1S/C13H9NO3/c1-7-2-4-10-9-5-3-8(15)6-11(9)17-13(16)12(10)14-7/h2-6,15H,1H3. The largest absolute Gasteiger partial charge is 0.508 e. The molecular weight excluding hydrogens is 218 g/mol. The topological polar surface area (TPSA) is 63.3 Å². The molecule has 0 aliphatic carbocycles. The lowest BCUT2D eigenvalue weighted by Crippen LogP contribution is -2.02. The van der Waals surface area contributed by atoms with E-state index in [1.807, 2.05) is 19.1 Å². The van der Waals surface area contributed by atoms with Gasteiger partial charge in [-0.25, -0.2) is 9.78 Å². The van der Waals surface area contributed by atoms with E-state index in [0.29, 0.717) is 11.1 Å². The Balaban J connectivity index is 2.60. The first-order valence-electron chi connectivity index (χ1n) is 5.18. The summed E-state index contributed by atoms with van der Waals surface area (Å²) >= 11 is 0. The zero-order chi connectivity index (χ0) is 12.0. The van der Waals surface area contributed by atoms with E-state index in [2.05, 4.69) is 4.98 Å². The summed E-state index contributed by atoms with van der Waals surface area (Å²) < 4.78 is 5.13. The molecule has 0 amide bonds. The fourth-order valence-electron chi connectivity index (χ4n) is 1.90. The molecule has 0 bridgehead atoms. The molecule has 0 saturated carbocycles. The van der Waals surface area contributed by atoms with Crippen LogP contribution in [0.2, 0.25) is 0 Å². The van der Waals surface area contributed by atoms with E-state index >= 15 is 0 Å². The van der Waals surface area contributed by atoms with E-state index in [4.69, 9.17) is 4.42 Å². The number of aryl methyl sites for hydroxylation is 1. The molecule has 0 unspecified atom stereocenters. The molecule has 0 radical (unpaired) electrons. The summed E-state index contributed by atoms with van der Waals surface area (Å²) in [4.78, 5) is 15.9. The molecule has 0 spiro atoms. The summed E-state index contributed by atoms with van der Waals surface area (Å²) in [6.45, 7) is 1.82.